The normalized spacial score (nSPS) is 35.1. The summed E-state index contributed by atoms with van der Waals surface area (Å²) in [6, 6.07) is 4.13. The van der Waals surface area contributed by atoms with Crippen LogP contribution >= 0.6 is 0 Å². The summed E-state index contributed by atoms with van der Waals surface area (Å²) >= 11 is 0. The highest BCUT2D eigenvalue weighted by Crippen LogP contribution is 2.55. The van der Waals surface area contributed by atoms with Crippen molar-refractivity contribution >= 4 is 5.82 Å². The zero-order chi connectivity index (χ0) is 17.1. The Morgan fingerprint density at radius 1 is 1.38 bits per heavy atom. The number of pyridine rings is 1. The molecule has 1 aromatic heterocycles. The predicted molar refractivity (Wildman–Crippen MR) is 83.8 cm³/mol. The monoisotopic (exact) mass is 341 g/mol. The highest BCUT2D eigenvalue weighted by Gasteiger charge is 2.63. The van der Waals surface area contributed by atoms with Crippen LogP contribution in [0, 0.1) is 11.8 Å². The molecule has 0 amide bonds. The van der Waals surface area contributed by atoms with Crippen LogP contribution in [0.5, 0.6) is 0 Å². The smallest absolute Gasteiger partial charge is 0.369 e. The van der Waals surface area contributed by atoms with Gasteiger partial charge in [0.2, 0.25) is 0 Å². The third kappa shape index (κ3) is 2.49. The Kier molecular flexibility index (Phi) is 3.58. The van der Waals surface area contributed by atoms with Crippen LogP contribution in [0.1, 0.15) is 18.5 Å². The molecule has 0 saturated carbocycles. The van der Waals surface area contributed by atoms with Crippen molar-refractivity contribution in [1.82, 2.24) is 9.88 Å². The summed E-state index contributed by atoms with van der Waals surface area (Å²) in [4.78, 5) is 8.00. The maximum atomic E-state index is 12.9. The first-order valence-electron chi connectivity index (χ1n) is 8.40. The van der Waals surface area contributed by atoms with E-state index < -0.39 is 11.9 Å². The fraction of sp³-hybridized carbons (Fsp3) is 0.706. The van der Waals surface area contributed by atoms with E-state index >= 15 is 0 Å². The van der Waals surface area contributed by atoms with Crippen molar-refractivity contribution in [2.75, 3.05) is 38.6 Å². The van der Waals surface area contributed by atoms with Crippen molar-refractivity contribution in [2.45, 2.75) is 30.7 Å². The van der Waals surface area contributed by atoms with E-state index in [4.69, 9.17) is 4.74 Å². The number of nitrogens with zero attached hydrogens (tertiary/aromatic N) is 3. The second-order valence-corrected chi connectivity index (χ2v) is 7.55. The zero-order valence-electron chi connectivity index (χ0n) is 13.9. The molecule has 3 aliphatic heterocycles. The SMILES string of the molecule is CN(C)C[C@H]1[C@H]2CN(c3cccc(C(F)(F)F)n3)C[C@]23CC[C@H]1O3. The molecule has 1 spiro atoms. The quantitative estimate of drug-likeness (QED) is 0.845. The predicted octanol–water partition coefficient (Wildman–Crippen LogP) is 2.65. The van der Waals surface area contributed by atoms with E-state index in [0.29, 0.717) is 30.3 Å². The van der Waals surface area contributed by atoms with Crippen molar-refractivity contribution in [3.05, 3.63) is 23.9 Å². The molecule has 3 saturated heterocycles. The lowest BCUT2D eigenvalue weighted by Gasteiger charge is -2.30. The van der Waals surface area contributed by atoms with Crippen molar-refractivity contribution in [1.29, 1.82) is 0 Å². The Bertz CT molecular complexity index is 636. The molecule has 0 radical (unpaired) electrons. The van der Waals surface area contributed by atoms with E-state index in [1.165, 1.54) is 6.07 Å². The Morgan fingerprint density at radius 3 is 2.88 bits per heavy atom. The zero-order valence-corrected chi connectivity index (χ0v) is 13.9. The van der Waals surface area contributed by atoms with E-state index in [2.05, 4.69) is 24.0 Å². The standard InChI is InChI=1S/C17H22F3N3O/c1-22(2)8-11-12-9-23(10-16(12)7-6-13(11)24-16)15-5-3-4-14(21-15)17(18,19)20/h3-5,11-13H,6-10H2,1-2H3/t11-,12+,13+,16+/m0/s1. The maximum Gasteiger partial charge on any atom is 0.433 e. The average Bonchev–Trinajstić information content (AvgIpc) is 3.16. The minimum atomic E-state index is -4.41. The van der Waals surface area contributed by atoms with Gasteiger partial charge in [-0.2, -0.15) is 13.2 Å². The summed E-state index contributed by atoms with van der Waals surface area (Å²) in [5, 5.41) is 0. The van der Waals surface area contributed by atoms with Gasteiger partial charge in [-0.3, -0.25) is 0 Å². The molecule has 0 aliphatic carbocycles. The molecular formula is C17H22F3N3O. The van der Waals surface area contributed by atoms with Crippen LogP contribution in [0.4, 0.5) is 19.0 Å². The van der Waals surface area contributed by atoms with Crippen molar-refractivity contribution in [3.8, 4) is 0 Å². The first kappa shape index (κ1) is 16.1. The van der Waals surface area contributed by atoms with Gasteiger partial charge in [0.1, 0.15) is 11.5 Å². The molecule has 3 fully saturated rings. The second kappa shape index (κ2) is 5.33. The van der Waals surface area contributed by atoms with Crippen LogP contribution in [0.2, 0.25) is 0 Å². The van der Waals surface area contributed by atoms with Crippen LogP contribution in [-0.4, -0.2) is 55.3 Å². The molecule has 0 N–H and O–H groups in total. The first-order chi connectivity index (χ1) is 11.3. The highest BCUT2D eigenvalue weighted by atomic mass is 19.4. The molecule has 24 heavy (non-hydrogen) atoms. The fourth-order valence-electron chi connectivity index (χ4n) is 4.79. The molecule has 2 bridgehead atoms. The molecule has 132 valence electrons. The van der Waals surface area contributed by atoms with Crippen LogP contribution in [-0.2, 0) is 10.9 Å². The second-order valence-electron chi connectivity index (χ2n) is 7.55. The van der Waals surface area contributed by atoms with Gasteiger partial charge in [0.15, 0.2) is 0 Å². The summed E-state index contributed by atoms with van der Waals surface area (Å²) in [6.45, 7) is 2.33. The van der Waals surface area contributed by atoms with Crippen LogP contribution in [0.15, 0.2) is 18.2 Å². The van der Waals surface area contributed by atoms with Crippen molar-refractivity contribution in [3.63, 3.8) is 0 Å². The summed E-state index contributed by atoms with van der Waals surface area (Å²) in [5.41, 5.74) is -1.02. The molecule has 4 rings (SSSR count). The molecule has 4 nitrogen and oxygen atoms in total. The van der Waals surface area contributed by atoms with Crippen LogP contribution in [0.3, 0.4) is 0 Å². The highest BCUT2D eigenvalue weighted by molar-refractivity contribution is 5.44. The van der Waals surface area contributed by atoms with Crippen molar-refractivity contribution < 1.29 is 17.9 Å². The number of ether oxygens (including phenoxy) is 1. The molecular weight excluding hydrogens is 319 g/mol. The lowest BCUT2D eigenvalue weighted by atomic mass is 9.73. The van der Waals surface area contributed by atoms with Gasteiger partial charge in [0.25, 0.3) is 0 Å². The summed E-state index contributed by atoms with van der Waals surface area (Å²) in [7, 11) is 4.11. The van der Waals surface area contributed by atoms with Crippen LogP contribution in [0.25, 0.3) is 0 Å². The Labute approximate surface area is 139 Å². The van der Waals surface area contributed by atoms with E-state index in [9.17, 15) is 13.2 Å². The third-order valence-electron chi connectivity index (χ3n) is 5.71. The first-order valence-corrected chi connectivity index (χ1v) is 8.40. The Balaban J connectivity index is 1.58. The fourth-order valence-corrected chi connectivity index (χ4v) is 4.79. The number of hydrogen-bond donors (Lipinski definition) is 0. The van der Waals surface area contributed by atoms with Gasteiger partial charge in [-0.1, -0.05) is 6.07 Å². The van der Waals surface area contributed by atoms with Gasteiger partial charge in [-0.25, -0.2) is 4.98 Å². The summed E-state index contributed by atoms with van der Waals surface area (Å²) in [6.07, 6.45) is -2.05. The number of anilines is 1. The topological polar surface area (TPSA) is 28.6 Å². The van der Waals surface area contributed by atoms with Crippen molar-refractivity contribution in [2.24, 2.45) is 11.8 Å². The van der Waals surface area contributed by atoms with E-state index in [0.717, 1.165) is 32.0 Å². The van der Waals surface area contributed by atoms with Gasteiger partial charge in [-0.05, 0) is 39.1 Å². The van der Waals surface area contributed by atoms with Gasteiger partial charge in [0.05, 0.1) is 11.7 Å². The van der Waals surface area contributed by atoms with E-state index in [1.54, 1.807) is 6.07 Å². The molecule has 0 aromatic carbocycles. The number of alkyl halides is 3. The Morgan fingerprint density at radius 2 is 2.17 bits per heavy atom. The number of halogens is 3. The minimum absolute atomic E-state index is 0.193. The van der Waals surface area contributed by atoms with Gasteiger partial charge in [0, 0.05) is 31.5 Å². The number of rotatable bonds is 3. The lowest BCUT2D eigenvalue weighted by molar-refractivity contribution is -0.141. The van der Waals surface area contributed by atoms with E-state index in [-0.39, 0.29) is 5.60 Å². The van der Waals surface area contributed by atoms with Crippen LogP contribution < -0.4 is 4.90 Å². The molecule has 0 unspecified atom stereocenters. The van der Waals surface area contributed by atoms with Gasteiger partial charge in [-0.15, -0.1) is 0 Å². The lowest BCUT2D eigenvalue weighted by Crippen LogP contribution is -2.40. The number of aromatic nitrogens is 1. The molecule has 4 heterocycles. The minimum Gasteiger partial charge on any atom is -0.369 e. The van der Waals surface area contributed by atoms with E-state index in [1.807, 2.05) is 4.90 Å². The molecule has 1 aromatic rings. The molecule has 3 aliphatic rings. The molecule has 4 atom stereocenters. The summed E-state index contributed by atoms with van der Waals surface area (Å²) < 4.78 is 45.1. The number of fused-ring (bicyclic) bond motifs is 1. The number of hydrogen-bond acceptors (Lipinski definition) is 4. The Hall–Kier alpha value is -1.34. The maximum absolute atomic E-state index is 12.9. The van der Waals surface area contributed by atoms with Gasteiger partial charge < -0.3 is 14.5 Å². The summed E-state index contributed by atoms with van der Waals surface area (Å²) in [5.74, 6) is 1.23. The average molecular weight is 341 g/mol. The third-order valence-corrected chi connectivity index (χ3v) is 5.71. The largest absolute Gasteiger partial charge is 0.433 e. The van der Waals surface area contributed by atoms with Gasteiger partial charge >= 0.3 is 6.18 Å². The molecule has 7 heteroatoms.